The first-order chi connectivity index (χ1) is 15.0. The van der Waals surface area contributed by atoms with Gasteiger partial charge in [-0.25, -0.2) is 4.98 Å². The molecule has 3 N–H and O–H groups in total. The van der Waals surface area contributed by atoms with Gasteiger partial charge in [-0.05, 0) is 31.0 Å². The summed E-state index contributed by atoms with van der Waals surface area (Å²) in [7, 11) is 0. The fourth-order valence-electron chi connectivity index (χ4n) is 3.42. The molecule has 2 amide bonds. The Bertz CT molecular complexity index is 1160. The zero-order valence-electron chi connectivity index (χ0n) is 17.0. The number of nitrogens with one attached hydrogen (secondary N) is 3. The zero-order valence-corrected chi connectivity index (χ0v) is 17.8. The van der Waals surface area contributed by atoms with Crippen LogP contribution in [0.2, 0.25) is 0 Å². The molecule has 1 aromatic heterocycles. The molecule has 0 bridgehead atoms. The van der Waals surface area contributed by atoms with Crippen LogP contribution in [0.3, 0.4) is 0 Å². The molecule has 3 aromatic rings. The van der Waals surface area contributed by atoms with E-state index in [1.54, 1.807) is 12.1 Å². The van der Waals surface area contributed by atoms with Gasteiger partial charge in [-0.15, -0.1) is 0 Å². The quantitative estimate of drug-likeness (QED) is 0.407. The van der Waals surface area contributed by atoms with E-state index in [2.05, 4.69) is 20.6 Å². The second-order valence-electron chi connectivity index (χ2n) is 7.38. The molecule has 1 aliphatic rings. The highest BCUT2D eigenvalue weighted by atomic mass is 32.2. The summed E-state index contributed by atoms with van der Waals surface area (Å²) in [5.41, 5.74) is 2.66. The van der Waals surface area contributed by atoms with Crippen molar-refractivity contribution in [2.75, 3.05) is 16.4 Å². The van der Waals surface area contributed by atoms with E-state index >= 15 is 0 Å². The third-order valence-electron chi connectivity index (χ3n) is 5.04. The first kappa shape index (κ1) is 20.9. The molecule has 7 nitrogen and oxygen atoms in total. The van der Waals surface area contributed by atoms with E-state index in [9.17, 15) is 14.4 Å². The van der Waals surface area contributed by atoms with Gasteiger partial charge in [0, 0.05) is 17.9 Å². The molecule has 1 aliphatic heterocycles. The number of fused-ring (bicyclic) bond motifs is 1. The Hall–Kier alpha value is -3.39. The van der Waals surface area contributed by atoms with Crippen molar-refractivity contribution >= 4 is 35.1 Å². The third-order valence-corrected chi connectivity index (χ3v) is 5.91. The number of carbonyl (C=O) groups is 2. The minimum atomic E-state index is -0.898. The largest absolute Gasteiger partial charge is 0.326 e. The standard InChI is InChI=1S/C23H22N4O3S/c1-14-7-9-16(10-8-14)24-21(29)17-13-18(28)25-20-19(17)22(30)27-23(26-20)31-12-11-15-5-3-2-4-6-15/h2-10,17H,11-13H2,1H3,(H,24,29)(H2,25,26,27,28,30)/t17-/m0/s1. The molecule has 0 unspecified atom stereocenters. The van der Waals surface area contributed by atoms with Gasteiger partial charge < -0.3 is 15.6 Å². The molecule has 0 fully saturated rings. The van der Waals surface area contributed by atoms with Crippen LogP contribution >= 0.6 is 11.8 Å². The molecular weight excluding hydrogens is 412 g/mol. The number of carbonyl (C=O) groups excluding carboxylic acids is 2. The summed E-state index contributed by atoms with van der Waals surface area (Å²) in [5.74, 6) is -0.764. The van der Waals surface area contributed by atoms with E-state index in [1.807, 2.05) is 49.4 Å². The zero-order chi connectivity index (χ0) is 21.8. The summed E-state index contributed by atoms with van der Waals surface area (Å²) in [4.78, 5) is 45.0. The summed E-state index contributed by atoms with van der Waals surface area (Å²) >= 11 is 1.40. The molecule has 158 valence electrons. The third kappa shape index (κ3) is 5.03. The molecule has 1 atom stereocenters. The molecule has 8 heteroatoms. The molecule has 0 aliphatic carbocycles. The number of benzene rings is 2. The van der Waals surface area contributed by atoms with E-state index in [-0.39, 0.29) is 23.7 Å². The van der Waals surface area contributed by atoms with Crippen molar-refractivity contribution in [2.45, 2.75) is 30.8 Å². The summed E-state index contributed by atoms with van der Waals surface area (Å²) in [6, 6.07) is 17.3. The normalized spacial score (nSPS) is 15.1. The Morgan fingerprint density at radius 2 is 1.87 bits per heavy atom. The van der Waals surface area contributed by atoms with E-state index in [0.717, 1.165) is 17.7 Å². The lowest BCUT2D eigenvalue weighted by Gasteiger charge is -2.23. The van der Waals surface area contributed by atoms with Crippen molar-refractivity contribution in [1.82, 2.24) is 9.97 Å². The molecule has 2 heterocycles. The van der Waals surface area contributed by atoms with Gasteiger partial charge in [0.05, 0.1) is 11.5 Å². The van der Waals surface area contributed by atoms with Crippen LogP contribution in [0.15, 0.2) is 64.5 Å². The summed E-state index contributed by atoms with van der Waals surface area (Å²) in [6.07, 6.45) is 0.718. The first-order valence-corrected chi connectivity index (χ1v) is 11.0. The van der Waals surface area contributed by atoms with E-state index < -0.39 is 17.4 Å². The average molecular weight is 435 g/mol. The van der Waals surface area contributed by atoms with Crippen LogP contribution in [-0.4, -0.2) is 27.5 Å². The van der Waals surface area contributed by atoms with Crippen LogP contribution in [0, 0.1) is 6.92 Å². The number of thioether (sulfide) groups is 1. The molecule has 0 radical (unpaired) electrons. The summed E-state index contributed by atoms with van der Waals surface area (Å²) in [6.45, 7) is 1.95. The lowest BCUT2D eigenvalue weighted by molar-refractivity contribution is -0.123. The molecule has 0 saturated carbocycles. The smallest absolute Gasteiger partial charge is 0.257 e. The maximum atomic E-state index is 12.8. The van der Waals surface area contributed by atoms with Gasteiger partial charge in [0.25, 0.3) is 5.56 Å². The highest BCUT2D eigenvalue weighted by Gasteiger charge is 2.34. The van der Waals surface area contributed by atoms with Crippen molar-refractivity contribution in [1.29, 1.82) is 0 Å². The van der Waals surface area contributed by atoms with E-state index in [1.165, 1.54) is 17.3 Å². The number of aromatic amines is 1. The van der Waals surface area contributed by atoms with E-state index in [4.69, 9.17) is 0 Å². The number of hydrogen-bond acceptors (Lipinski definition) is 5. The monoisotopic (exact) mass is 434 g/mol. The van der Waals surface area contributed by atoms with Gasteiger partial charge >= 0.3 is 0 Å². The number of aryl methyl sites for hydroxylation is 2. The number of nitrogens with zero attached hydrogens (tertiary/aromatic N) is 1. The number of aromatic nitrogens is 2. The molecule has 4 rings (SSSR count). The predicted molar refractivity (Wildman–Crippen MR) is 122 cm³/mol. The van der Waals surface area contributed by atoms with Crippen molar-refractivity contribution in [3.63, 3.8) is 0 Å². The van der Waals surface area contributed by atoms with Crippen LogP contribution in [0.25, 0.3) is 0 Å². The average Bonchev–Trinajstić information content (AvgIpc) is 2.75. The molecule has 31 heavy (non-hydrogen) atoms. The summed E-state index contributed by atoms with van der Waals surface area (Å²) in [5, 5.41) is 5.85. The molecule has 2 aromatic carbocycles. The number of anilines is 2. The lowest BCUT2D eigenvalue weighted by Crippen LogP contribution is -2.36. The summed E-state index contributed by atoms with van der Waals surface area (Å²) < 4.78 is 0. The fourth-order valence-corrected chi connectivity index (χ4v) is 4.27. The minimum Gasteiger partial charge on any atom is -0.326 e. The highest BCUT2D eigenvalue weighted by molar-refractivity contribution is 7.99. The molecule has 0 saturated heterocycles. The SMILES string of the molecule is Cc1ccc(NC(=O)[C@H]2CC(=O)Nc3nc(SCCc4ccccc4)[nH]c(=O)c32)cc1. The van der Waals surface area contributed by atoms with Crippen LogP contribution in [0.4, 0.5) is 11.5 Å². The van der Waals surface area contributed by atoms with E-state index in [0.29, 0.717) is 10.8 Å². The minimum absolute atomic E-state index is 0.101. The maximum Gasteiger partial charge on any atom is 0.257 e. The Labute approximate surface area is 183 Å². The van der Waals surface area contributed by atoms with Gasteiger partial charge in [0.15, 0.2) is 5.16 Å². The predicted octanol–water partition coefficient (Wildman–Crippen LogP) is 3.48. The number of amides is 2. The van der Waals surface area contributed by atoms with Gasteiger partial charge in [-0.2, -0.15) is 0 Å². The number of rotatable bonds is 6. The number of hydrogen-bond donors (Lipinski definition) is 3. The van der Waals surface area contributed by atoms with Crippen LogP contribution in [0.1, 0.15) is 29.0 Å². The Morgan fingerprint density at radius 1 is 1.13 bits per heavy atom. The van der Waals surface area contributed by atoms with Gasteiger partial charge in [-0.3, -0.25) is 14.4 Å². The topological polar surface area (TPSA) is 104 Å². The lowest BCUT2D eigenvalue weighted by atomic mass is 9.92. The van der Waals surface area contributed by atoms with Crippen LogP contribution in [0.5, 0.6) is 0 Å². The second kappa shape index (κ2) is 9.18. The first-order valence-electron chi connectivity index (χ1n) is 9.98. The van der Waals surface area contributed by atoms with Crippen LogP contribution < -0.4 is 16.2 Å². The van der Waals surface area contributed by atoms with Crippen molar-refractivity contribution in [2.24, 2.45) is 0 Å². The highest BCUT2D eigenvalue weighted by Crippen LogP contribution is 2.30. The fraction of sp³-hybridized carbons (Fsp3) is 0.217. The van der Waals surface area contributed by atoms with Crippen molar-refractivity contribution < 1.29 is 9.59 Å². The molecular formula is C23H22N4O3S. The van der Waals surface area contributed by atoms with Crippen LogP contribution in [-0.2, 0) is 16.0 Å². The Morgan fingerprint density at radius 3 is 2.61 bits per heavy atom. The van der Waals surface area contributed by atoms with Crippen molar-refractivity contribution in [3.8, 4) is 0 Å². The molecule has 0 spiro atoms. The van der Waals surface area contributed by atoms with Gasteiger partial charge in [0.2, 0.25) is 11.8 Å². The van der Waals surface area contributed by atoms with Gasteiger partial charge in [-0.1, -0.05) is 59.8 Å². The Kier molecular flexibility index (Phi) is 6.18. The second-order valence-corrected chi connectivity index (χ2v) is 8.46. The Balaban J connectivity index is 1.51. The van der Waals surface area contributed by atoms with Crippen molar-refractivity contribution in [3.05, 3.63) is 81.6 Å². The maximum absolute atomic E-state index is 12.8. The van der Waals surface area contributed by atoms with Gasteiger partial charge in [0.1, 0.15) is 5.82 Å². The number of H-pyrrole nitrogens is 1.